The molecule has 1 atom stereocenters. The number of hydrogen-bond acceptors (Lipinski definition) is 4. The van der Waals surface area contributed by atoms with Gasteiger partial charge in [0.25, 0.3) is 0 Å². The molecule has 0 saturated carbocycles. The molecule has 1 aromatic carbocycles. The van der Waals surface area contributed by atoms with Gasteiger partial charge in [0.2, 0.25) is 0 Å². The molecule has 5 nitrogen and oxygen atoms in total. The van der Waals surface area contributed by atoms with E-state index in [4.69, 9.17) is 9.47 Å². The average Bonchev–Trinajstić information content (AvgIpc) is 3.10. The highest BCUT2D eigenvalue weighted by Gasteiger charge is 2.22. The monoisotopic (exact) mass is 299 g/mol. The molecule has 3 heterocycles. The van der Waals surface area contributed by atoms with Crippen molar-refractivity contribution in [2.24, 2.45) is 0 Å². The zero-order valence-corrected chi connectivity index (χ0v) is 12.6. The van der Waals surface area contributed by atoms with Crippen molar-refractivity contribution >= 4 is 0 Å². The number of benzene rings is 1. The van der Waals surface area contributed by atoms with Gasteiger partial charge in [0.15, 0.2) is 11.5 Å². The number of nitrogens with zero attached hydrogens (tertiary/aromatic N) is 2. The second-order valence-electron chi connectivity index (χ2n) is 6.06. The Bertz CT molecular complexity index is 627. The average molecular weight is 299 g/mol. The van der Waals surface area contributed by atoms with E-state index in [-0.39, 0.29) is 0 Å². The van der Waals surface area contributed by atoms with Gasteiger partial charge in [-0.1, -0.05) is 6.07 Å². The number of rotatable bonds is 3. The molecule has 2 aromatic rings. The highest BCUT2D eigenvalue weighted by atomic mass is 16.6. The molecule has 2 aliphatic rings. The molecule has 0 unspecified atom stereocenters. The van der Waals surface area contributed by atoms with Crippen LogP contribution in [0.2, 0.25) is 0 Å². The Morgan fingerprint density at radius 1 is 1.18 bits per heavy atom. The third-order valence-electron chi connectivity index (χ3n) is 4.48. The fourth-order valence-electron chi connectivity index (χ4n) is 3.39. The second kappa shape index (κ2) is 6.01. The van der Waals surface area contributed by atoms with Crippen LogP contribution in [-0.4, -0.2) is 41.4 Å². The molecule has 0 bridgehead atoms. The summed E-state index contributed by atoms with van der Waals surface area (Å²) in [5, 5.41) is 7.20. The van der Waals surface area contributed by atoms with Gasteiger partial charge >= 0.3 is 0 Å². The predicted octanol–water partition coefficient (Wildman–Crippen LogP) is 2.56. The van der Waals surface area contributed by atoms with Crippen LogP contribution in [0.1, 0.15) is 30.0 Å². The molecule has 2 aliphatic heterocycles. The Morgan fingerprint density at radius 2 is 2.09 bits per heavy atom. The number of likely N-dealkylation sites (tertiary alicyclic amines) is 1. The van der Waals surface area contributed by atoms with Gasteiger partial charge in [-0.15, -0.1) is 0 Å². The van der Waals surface area contributed by atoms with Crippen molar-refractivity contribution in [3.8, 4) is 11.5 Å². The third-order valence-corrected chi connectivity index (χ3v) is 4.48. The Balaban J connectivity index is 1.44. The molecule has 0 aliphatic carbocycles. The van der Waals surface area contributed by atoms with E-state index in [0.29, 0.717) is 19.1 Å². The molecule has 4 rings (SSSR count). The number of aromatic nitrogens is 2. The number of hydrogen-bond donors (Lipinski definition) is 1. The Hall–Kier alpha value is -2.01. The fraction of sp³-hybridized carbons (Fsp3) is 0.471. The van der Waals surface area contributed by atoms with Crippen LogP contribution in [0.25, 0.3) is 0 Å². The number of ether oxygens (including phenoxy) is 2. The molecule has 1 fully saturated rings. The van der Waals surface area contributed by atoms with Crippen molar-refractivity contribution in [3.63, 3.8) is 0 Å². The van der Waals surface area contributed by atoms with Crippen LogP contribution in [-0.2, 0) is 6.54 Å². The van der Waals surface area contributed by atoms with Gasteiger partial charge in [-0.25, -0.2) is 0 Å². The topological polar surface area (TPSA) is 50.4 Å². The first-order valence-corrected chi connectivity index (χ1v) is 7.98. The summed E-state index contributed by atoms with van der Waals surface area (Å²) in [7, 11) is 0. The molecule has 1 N–H and O–H groups in total. The lowest BCUT2D eigenvalue weighted by molar-refractivity contribution is 0.170. The van der Waals surface area contributed by atoms with Crippen LogP contribution >= 0.6 is 0 Å². The van der Waals surface area contributed by atoms with Crippen LogP contribution in [0, 0.1) is 0 Å². The molecule has 116 valence electrons. The predicted molar refractivity (Wildman–Crippen MR) is 83.3 cm³/mol. The lowest BCUT2D eigenvalue weighted by atomic mass is 9.94. The summed E-state index contributed by atoms with van der Waals surface area (Å²) in [6.45, 7) is 4.48. The molecular formula is C17H21N3O2. The van der Waals surface area contributed by atoms with Gasteiger partial charge < -0.3 is 9.47 Å². The molecule has 5 heteroatoms. The minimum absolute atomic E-state index is 0.563. The molecule has 0 spiro atoms. The van der Waals surface area contributed by atoms with Crippen molar-refractivity contribution in [2.75, 3.05) is 26.3 Å². The van der Waals surface area contributed by atoms with E-state index in [2.05, 4.69) is 33.3 Å². The molecule has 22 heavy (non-hydrogen) atoms. The van der Waals surface area contributed by atoms with E-state index >= 15 is 0 Å². The minimum atomic E-state index is 0.563. The van der Waals surface area contributed by atoms with E-state index in [1.54, 1.807) is 0 Å². The lowest BCUT2D eigenvalue weighted by Gasteiger charge is -2.32. The van der Waals surface area contributed by atoms with Crippen molar-refractivity contribution in [3.05, 3.63) is 41.7 Å². The number of aromatic amines is 1. The first kappa shape index (κ1) is 13.6. The maximum absolute atomic E-state index is 5.68. The summed E-state index contributed by atoms with van der Waals surface area (Å²) >= 11 is 0. The zero-order chi connectivity index (χ0) is 14.8. The van der Waals surface area contributed by atoms with Crippen LogP contribution in [0.5, 0.6) is 11.5 Å². The lowest BCUT2D eigenvalue weighted by Crippen LogP contribution is -2.34. The van der Waals surface area contributed by atoms with Crippen LogP contribution < -0.4 is 9.47 Å². The van der Waals surface area contributed by atoms with Gasteiger partial charge in [-0.3, -0.25) is 10.00 Å². The molecule has 0 radical (unpaired) electrons. The number of fused-ring (bicyclic) bond motifs is 1. The van der Waals surface area contributed by atoms with Gasteiger partial charge in [-0.2, -0.15) is 5.10 Å². The zero-order valence-electron chi connectivity index (χ0n) is 12.6. The van der Waals surface area contributed by atoms with Crippen LogP contribution in [0.3, 0.4) is 0 Å². The van der Waals surface area contributed by atoms with E-state index in [1.165, 1.54) is 24.1 Å². The first-order chi connectivity index (χ1) is 10.9. The van der Waals surface area contributed by atoms with Crippen molar-refractivity contribution < 1.29 is 9.47 Å². The van der Waals surface area contributed by atoms with E-state index < -0.39 is 0 Å². The summed E-state index contributed by atoms with van der Waals surface area (Å²) in [6.07, 6.45) is 4.31. The summed E-state index contributed by atoms with van der Waals surface area (Å²) in [5.41, 5.74) is 2.54. The van der Waals surface area contributed by atoms with Gasteiger partial charge in [0, 0.05) is 30.9 Å². The summed E-state index contributed by atoms with van der Waals surface area (Å²) in [6, 6.07) is 8.39. The van der Waals surface area contributed by atoms with Gasteiger partial charge in [0.1, 0.15) is 13.2 Å². The molecule has 1 aromatic heterocycles. The Labute approximate surface area is 130 Å². The number of piperidine rings is 1. The van der Waals surface area contributed by atoms with Crippen LogP contribution in [0.15, 0.2) is 30.5 Å². The van der Waals surface area contributed by atoms with E-state index in [0.717, 1.165) is 31.1 Å². The van der Waals surface area contributed by atoms with Crippen molar-refractivity contribution in [1.29, 1.82) is 0 Å². The summed E-state index contributed by atoms with van der Waals surface area (Å²) in [4.78, 5) is 2.51. The number of nitrogens with one attached hydrogen (secondary N) is 1. The van der Waals surface area contributed by atoms with Crippen molar-refractivity contribution in [1.82, 2.24) is 15.1 Å². The Morgan fingerprint density at radius 3 is 2.95 bits per heavy atom. The second-order valence-corrected chi connectivity index (χ2v) is 6.06. The van der Waals surface area contributed by atoms with Gasteiger partial charge in [-0.05, 0) is 43.1 Å². The van der Waals surface area contributed by atoms with Crippen LogP contribution in [0.4, 0.5) is 0 Å². The minimum Gasteiger partial charge on any atom is -0.486 e. The van der Waals surface area contributed by atoms with Gasteiger partial charge in [0.05, 0.1) is 0 Å². The maximum atomic E-state index is 5.68. The molecule has 0 amide bonds. The smallest absolute Gasteiger partial charge is 0.161 e. The highest BCUT2D eigenvalue weighted by molar-refractivity contribution is 5.43. The fourth-order valence-corrected chi connectivity index (χ4v) is 3.39. The number of H-pyrrole nitrogens is 1. The Kier molecular flexibility index (Phi) is 3.72. The standard InChI is InChI=1S/C17H21N3O2/c1-2-14(15-5-6-18-19-15)12-20(7-1)11-13-3-4-16-17(10-13)22-9-8-21-16/h3-6,10,14H,1-2,7-9,11-12H2,(H,18,19)/t14-/m0/s1. The summed E-state index contributed by atoms with van der Waals surface area (Å²) < 4.78 is 11.3. The molecule has 1 saturated heterocycles. The van der Waals surface area contributed by atoms with E-state index in [9.17, 15) is 0 Å². The third kappa shape index (κ3) is 2.81. The normalized spacial score (nSPS) is 21.7. The maximum Gasteiger partial charge on any atom is 0.161 e. The SMILES string of the molecule is c1cc([C@H]2CCCN(Cc3ccc4c(c3)OCCO4)C2)[nH]n1. The largest absolute Gasteiger partial charge is 0.486 e. The summed E-state index contributed by atoms with van der Waals surface area (Å²) in [5.74, 6) is 2.31. The van der Waals surface area contributed by atoms with Crippen molar-refractivity contribution in [2.45, 2.75) is 25.3 Å². The quantitative estimate of drug-likeness (QED) is 0.946. The first-order valence-electron chi connectivity index (χ1n) is 7.98. The molecular weight excluding hydrogens is 278 g/mol. The van der Waals surface area contributed by atoms with E-state index in [1.807, 2.05) is 12.3 Å². The highest BCUT2D eigenvalue weighted by Crippen LogP contribution is 2.32.